The van der Waals surface area contributed by atoms with Crippen LogP contribution in [0.15, 0.2) is 18.2 Å². The first kappa shape index (κ1) is 10.1. The summed E-state index contributed by atoms with van der Waals surface area (Å²) in [6.45, 7) is 5.41. The van der Waals surface area contributed by atoms with Gasteiger partial charge in [-0.15, -0.1) is 0 Å². The molecule has 0 amide bonds. The molecule has 0 radical (unpaired) electrons. The van der Waals surface area contributed by atoms with Crippen LogP contribution in [0.1, 0.15) is 24.0 Å². The van der Waals surface area contributed by atoms with Gasteiger partial charge in [0.05, 0.1) is 19.3 Å². The van der Waals surface area contributed by atoms with Crippen LogP contribution < -0.4 is 10.1 Å². The van der Waals surface area contributed by atoms with Crippen molar-refractivity contribution in [3.63, 3.8) is 0 Å². The fourth-order valence-electron chi connectivity index (χ4n) is 2.71. The van der Waals surface area contributed by atoms with E-state index in [1.807, 2.05) is 13.0 Å². The minimum Gasteiger partial charge on any atom is -0.493 e. The van der Waals surface area contributed by atoms with Crippen LogP contribution in [-0.4, -0.2) is 25.8 Å². The number of nitrogens with one attached hydrogen (secondary N) is 1. The fraction of sp³-hybridized carbons (Fsp3) is 0.538. The van der Waals surface area contributed by atoms with E-state index in [9.17, 15) is 0 Å². The molecule has 1 N–H and O–H groups in total. The second kappa shape index (κ2) is 4.07. The maximum Gasteiger partial charge on any atom is 0.125 e. The predicted molar refractivity (Wildman–Crippen MR) is 61.8 cm³/mol. The predicted octanol–water partition coefficient (Wildman–Crippen LogP) is 1.67. The number of ether oxygens (including phenoxy) is 2. The van der Waals surface area contributed by atoms with Gasteiger partial charge in [-0.05, 0) is 18.6 Å². The summed E-state index contributed by atoms with van der Waals surface area (Å²) in [6, 6.07) is 6.34. The van der Waals surface area contributed by atoms with E-state index in [1.165, 1.54) is 11.1 Å². The summed E-state index contributed by atoms with van der Waals surface area (Å²) in [7, 11) is 0. The highest BCUT2D eigenvalue weighted by Crippen LogP contribution is 2.37. The van der Waals surface area contributed by atoms with Crippen molar-refractivity contribution in [2.45, 2.75) is 25.6 Å². The van der Waals surface area contributed by atoms with Crippen molar-refractivity contribution in [3.05, 3.63) is 29.3 Å². The third-order valence-corrected chi connectivity index (χ3v) is 3.47. The molecular formula is C13H17NO2. The van der Waals surface area contributed by atoms with E-state index >= 15 is 0 Å². The molecule has 0 saturated carbocycles. The Hall–Kier alpha value is -1.06. The van der Waals surface area contributed by atoms with Crippen LogP contribution in [0.2, 0.25) is 0 Å². The largest absolute Gasteiger partial charge is 0.493 e. The molecule has 2 atom stereocenters. The van der Waals surface area contributed by atoms with E-state index in [1.54, 1.807) is 0 Å². The second-order valence-corrected chi connectivity index (χ2v) is 4.37. The Kier molecular flexibility index (Phi) is 2.58. The first-order chi connectivity index (χ1) is 7.90. The molecule has 0 aliphatic carbocycles. The maximum atomic E-state index is 5.87. The standard InChI is InChI=1S/C13H17NO2/c1-2-15-12-5-3-4-9-10-6-14-7-13(10)16-8-11(9)12/h3-5,10,13-14H,2,6-8H2,1H3/t10-,13-/m1/s1. The second-order valence-electron chi connectivity index (χ2n) is 4.37. The van der Waals surface area contributed by atoms with E-state index in [4.69, 9.17) is 9.47 Å². The molecule has 1 fully saturated rings. The molecule has 16 heavy (non-hydrogen) atoms. The van der Waals surface area contributed by atoms with Crippen molar-refractivity contribution >= 4 is 0 Å². The van der Waals surface area contributed by atoms with Gasteiger partial charge in [-0.1, -0.05) is 12.1 Å². The monoisotopic (exact) mass is 219 g/mol. The van der Waals surface area contributed by atoms with Crippen molar-refractivity contribution < 1.29 is 9.47 Å². The topological polar surface area (TPSA) is 30.5 Å². The highest BCUT2D eigenvalue weighted by molar-refractivity contribution is 5.44. The van der Waals surface area contributed by atoms with Crippen LogP contribution in [0.3, 0.4) is 0 Å². The van der Waals surface area contributed by atoms with Crippen molar-refractivity contribution in [2.24, 2.45) is 0 Å². The Balaban J connectivity index is 2.00. The van der Waals surface area contributed by atoms with Gasteiger partial charge >= 0.3 is 0 Å². The lowest BCUT2D eigenvalue weighted by Crippen LogP contribution is -2.27. The summed E-state index contributed by atoms with van der Waals surface area (Å²) in [6.07, 6.45) is 0.351. The molecule has 1 saturated heterocycles. The lowest BCUT2D eigenvalue weighted by molar-refractivity contribution is 0.0283. The van der Waals surface area contributed by atoms with Crippen LogP contribution in [0.25, 0.3) is 0 Å². The number of hydrogen-bond donors (Lipinski definition) is 1. The zero-order valence-electron chi connectivity index (χ0n) is 9.53. The van der Waals surface area contributed by atoms with E-state index in [0.717, 1.165) is 18.8 Å². The van der Waals surface area contributed by atoms with E-state index in [-0.39, 0.29) is 0 Å². The number of benzene rings is 1. The summed E-state index contributed by atoms with van der Waals surface area (Å²) in [5, 5.41) is 3.39. The third-order valence-electron chi connectivity index (χ3n) is 3.47. The smallest absolute Gasteiger partial charge is 0.125 e. The Morgan fingerprint density at radius 3 is 3.25 bits per heavy atom. The van der Waals surface area contributed by atoms with Crippen LogP contribution in [0.5, 0.6) is 5.75 Å². The van der Waals surface area contributed by atoms with Gasteiger partial charge in [-0.3, -0.25) is 0 Å². The molecule has 2 heterocycles. The summed E-state index contributed by atoms with van der Waals surface area (Å²) in [5.41, 5.74) is 2.65. The molecule has 86 valence electrons. The molecule has 3 rings (SSSR count). The minimum atomic E-state index is 0.351. The van der Waals surface area contributed by atoms with E-state index in [0.29, 0.717) is 25.2 Å². The number of fused-ring (bicyclic) bond motifs is 3. The quantitative estimate of drug-likeness (QED) is 0.820. The number of hydrogen-bond acceptors (Lipinski definition) is 3. The molecule has 0 aromatic heterocycles. The molecule has 2 aliphatic rings. The molecule has 1 aromatic rings. The summed E-state index contributed by atoms with van der Waals surface area (Å²) < 4.78 is 11.5. The molecule has 3 nitrogen and oxygen atoms in total. The fourth-order valence-corrected chi connectivity index (χ4v) is 2.71. The first-order valence-electron chi connectivity index (χ1n) is 5.97. The maximum absolute atomic E-state index is 5.87. The zero-order chi connectivity index (χ0) is 11.0. The van der Waals surface area contributed by atoms with Crippen LogP contribution in [-0.2, 0) is 11.3 Å². The Labute approximate surface area is 95.8 Å². The van der Waals surface area contributed by atoms with Gasteiger partial charge in [0, 0.05) is 24.6 Å². The molecule has 0 spiro atoms. The summed E-state index contributed by atoms with van der Waals surface area (Å²) in [4.78, 5) is 0. The SMILES string of the molecule is CCOc1cccc2c1CO[C@@H]1CNC[C@H]21. The highest BCUT2D eigenvalue weighted by Gasteiger charge is 2.35. The Bertz CT molecular complexity index is 392. The van der Waals surface area contributed by atoms with Gasteiger partial charge < -0.3 is 14.8 Å². The van der Waals surface area contributed by atoms with Crippen LogP contribution in [0.4, 0.5) is 0 Å². The van der Waals surface area contributed by atoms with Crippen molar-refractivity contribution in [3.8, 4) is 5.75 Å². The Morgan fingerprint density at radius 1 is 1.44 bits per heavy atom. The minimum absolute atomic E-state index is 0.351. The van der Waals surface area contributed by atoms with Crippen LogP contribution >= 0.6 is 0 Å². The van der Waals surface area contributed by atoms with Gasteiger partial charge in [0.1, 0.15) is 5.75 Å². The third kappa shape index (κ3) is 1.51. The molecule has 1 aromatic carbocycles. The van der Waals surface area contributed by atoms with Crippen molar-refractivity contribution in [1.82, 2.24) is 5.32 Å². The molecule has 2 aliphatic heterocycles. The summed E-state index contributed by atoms with van der Waals surface area (Å²) >= 11 is 0. The zero-order valence-corrected chi connectivity index (χ0v) is 9.53. The van der Waals surface area contributed by atoms with Gasteiger partial charge in [0.25, 0.3) is 0 Å². The molecule has 0 bridgehead atoms. The Morgan fingerprint density at radius 2 is 2.38 bits per heavy atom. The lowest BCUT2D eigenvalue weighted by Gasteiger charge is -2.29. The average molecular weight is 219 g/mol. The molecule has 0 unspecified atom stereocenters. The normalized spacial score (nSPS) is 27.3. The molecule has 3 heteroatoms. The number of rotatable bonds is 2. The van der Waals surface area contributed by atoms with E-state index < -0.39 is 0 Å². The first-order valence-corrected chi connectivity index (χ1v) is 5.97. The van der Waals surface area contributed by atoms with E-state index in [2.05, 4.69) is 17.4 Å². The summed E-state index contributed by atoms with van der Waals surface area (Å²) in [5.74, 6) is 1.49. The van der Waals surface area contributed by atoms with Gasteiger partial charge in [0.15, 0.2) is 0 Å². The van der Waals surface area contributed by atoms with Gasteiger partial charge in [-0.2, -0.15) is 0 Å². The highest BCUT2D eigenvalue weighted by atomic mass is 16.5. The van der Waals surface area contributed by atoms with Gasteiger partial charge in [-0.25, -0.2) is 0 Å². The van der Waals surface area contributed by atoms with Gasteiger partial charge in [0.2, 0.25) is 0 Å². The van der Waals surface area contributed by atoms with Crippen molar-refractivity contribution in [1.29, 1.82) is 0 Å². The molecular weight excluding hydrogens is 202 g/mol. The lowest BCUT2D eigenvalue weighted by atomic mass is 9.89. The van der Waals surface area contributed by atoms with Crippen molar-refractivity contribution in [2.75, 3.05) is 19.7 Å². The van der Waals surface area contributed by atoms with Crippen LogP contribution in [0, 0.1) is 0 Å². The average Bonchev–Trinajstić information content (AvgIpc) is 2.78.